The van der Waals surface area contributed by atoms with Crippen molar-refractivity contribution in [3.05, 3.63) is 70.1 Å². The van der Waals surface area contributed by atoms with Gasteiger partial charge in [-0.25, -0.2) is 4.39 Å². The average molecular weight is 493 g/mol. The highest BCUT2D eigenvalue weighted by Crippen LogP contribution is 2.35. The van der Waals surface area contributed by atoms with Crippen LogP contribution in [-0.4, -0.2) is 29.3 Å². The molecule has 0 spiro atoms. The van der Waals surface area contributed by atoms with E-state index in [1.807, 2.05) is 35.6 Å². The number of fused-ring (bicyclic) bond motifs is 3. The Morgan fingerprint density at radius 2 is 1.97 bits per heavy atom. The van der Waals surface area contributed by atoms with Gasteiger partial charge in [-0.1, -0.05) is 60.9 Å². The van der Waals surface area contributed by atoms with Crippen molar-refractivity contribution in [2.45, 2.75) is 57.0 Å². The first-order valence-corrected chi connectivity index (χ1v) is 12.5. The van der Waals surface area contributed by atoms with Gasteiger partial charge in [0, 0.05) is 12.1 Å². The lowest BCUT2D eigenvalue weighted by Gasteiger charge is -2.11. The molecule has 0 bridgehead atoms. The van der Waals surface area contributed by atoms with Gasteiger partial charge in [0.1, 0.15) is 5.82 Å². The quantitative estimate of drug-likeness (QED) is 0.206. The van der Waals surface area contributed by atoms with E-state index in [1.54, 1.807) is 23.6 Å². The third-order valence-electron chi connectivity index (χ3n) is 5.97. The maximum atomic E-state index is 14.0. The van der Waals surface area contributed by atoms with Crippen LogP contribution in [-0.2, 0) is 6.54 Å². The monoisotopic (exact) mass is 492 g/mol. The van der Waals surface area contributed by atoms with Crippen LogP contribution in [0.5, 0.6) is 0 Å². The molecule has 0 aliphatic rings. The number of hydrogen-bond donors (Lipinski definition) is 0. The van der Waals surface area contributed by atoms with Crippen molar-refractivity contribution in [2.24, 2.45) is 0 Å². The van der Waals surface area contributed by atoms with E-state index in [9.17, 15) is 9.18 Å². The summed E-state index contributed by atoms with van der Waals surface area (Å²) in [4.78, 5) is 17.7. The van der Waals surface area contributed by atoms with E-state index >= 15 is 0 Å². The average Bonchev–Trinajstić information content (AvgIpc) is 3.51. The molecule has 1 unspecified atom stereocenters. The number of rotatable bonds is 8. The summed E-state index contributed by atoms with van der Waals surface area (Å²) in [5, 5.41) is 13.8. The molecule has 0 fully saturated rings. The number of para-hydroxylation sites is 1. The van der Waals surface area contributed by atoms with Crippen molar-refractivity contribution in [3.63, 3.8) is 0 Å². The van der Waals surface area contributed by atoms with Gasteiger partial charge in [0.2, 0.25) is 17.5 Å². The van der Waals surface area contributed by atoms with Gasteiger partial charge in [0.25, 0.3) is 5.56 Å². The summed E-state index contributed by atoms with van der Waals surface area (Å²) < 4.78 is 23.1. The van der Waals surface area contributed by atoms with Crippen molar-refractivity contribution in [3.8, 4) is 11.4 Å². The lowest BCUT2D eigenvalue weighted by Crippen LogP contribution is -2.23. The number of aryl methyl sites for hydroxylation is 2. The standard InChI is InChI=1S/C25H25FN6O2S/c1-4-5-8-13-31-23(33)18-9-6-7-10-20(18)32-24(31)28-29-25(32)35-16(3)22-27-21(30-34-22)17-12-11-15(2)19(26)14-17/h6-7,9-12,14,16H,4-5,8,13H2,1-3H3. The molecule has 2 aromatic carbocycles. The number of nitrogens with zero attached hydrogens (tertiary/aromatic N) is 6. The molecule has 8 nitrogen and oxygen atoms in total. The van der Waals surface area contributed by atoms with E-state index < -0.39 is 0 Å². The van der Waals surface area contributed by atoms with Gasteiger partial charge in [-0.05, 0) is 44.0 Å². The Bertz CT molecular complexity index is 1570. The van der Waals surface area contributed by atoms with Crippen LogP contribution >= 0.6 is 11.8 Å². The summed E-state index contributed by atoms with van der Waals surface area (Å²) in [6, 6.07) is 12.3. The smallest absolute Gasteiger partial charge is 0.262 e. The maximum absolute atomic E-state index is 14.0. The molecule has 0 N–H and O–H groups in total. The molecule has 3 heterocycles. The minimum Gasteiger partial charge on any atom is -0.338 e. The molecule has 0 aliphatic heterocycles. The SMILES string of the molecule is CCCCCn1c(=O)c2ccccc2n2c(SC(C)c3nc(-c4ccc(C)c(F)c4)no3)nnc12. The predicted octanol–water partition coefficient (Wildman–Crippen LogP) is 5.59. The molecule has 0 radical (unpaired) electrons. The lowest BCUT2D eigenvalue weighted by atomic mass is 10.1. The molecule has 1 atom stereocenters. The second-order valence-electron chi connectivity index (χ2n) is 8.48. The summed E-state index contributed by atoms with van der Waals surface area (Å²) in [6.45, 7) is 6.34. The highest BCUT2D eigenvalue weighted by Gasteiger charge is 2.22. The molecule has 0 aliphatic carbocycles. The van der Waals surface area contributed by atoms with Crippen LogP contribution in [0, 0.1) is 12.7 Å². The number of benzene rings is 2. The summed E-state index contributed by atoms with van der Waals surface area (Å²) in [5.41, 5.74) is 1.80. The summed E-state index contributed by atoms with van der Waals surface area (Å²) in [5.74, 6) is 0.917. The van der Waals surface area contributed by atoms with E-state index in [-0.39, 0.29) is 16.6 Å². The highest BCUT2D eigenvalue weighted by molar-refractivity contribution is 7.99. The largest absolute Gasteiger partial charge is 0.338 e. The van der Waals surface area contributed by atoms with Crippen LogP contribution in [0.4, 0.5) is 4.39 Å². The number of unbranched alkanes of at least 4 members (excludes halogenated alkanes) is 2. The van der Waals surface area contributed by atoms with Gasteiger partial charge in [-0.15, -0.1) is 10.2 Å². The number of hydrogen-bond acceptors (Lipinski definition) is 7. The first kappa shape index (κ1) is 23.2. The molecule has 0 amide bonds. The summed E-state index contributed by atoms with van der Waals surface area (Å²) in [6.07, 6.45) is 2.98. The van der Waals surface area contributed by atoms with Crippen LogP contribution in [0.1, 0.15) is 49.8 Å². The maximum Gasteiger partial charge on any atom is 0.262 e. The number of halogens is 1. The fourth-order valence-corrected chi connectivity index (χ4v) is 4.88. The minimum atomic E-state index is -0.317. The second-order valence-corrected chi connectivity index (χ2v) is 9.79. The van der Waals surface area contributed by atoms with E-state index in [1.165, 1.54) is 17.8 Å². The van der Waals surface area contributed by atoms with Crippen molar-refractivity contribution >= 4 is 28.4 Å². The van der Waals surface area contributed by atoms with Crippen molar-refractivity contribution in [1.82, 2.24) is 29.3 Å². The van der Waals surface area contributed by atoms with Gasteiger partial charge in [0.05, 0.1) is 16.2 Å². The molecule has 180 valence electrons. The van der Waals surface area contributed by atoms with Crippen LogP contribution in [0.2, 0.25) is 0 Å². The predicted molar refractivity (Wildman–Crippen MR) is 133 cm³/mol. The first-order valence-electron chi connectivity index (χ1n) is 11.6. The zero-order valence-electron chi connectivity index (χ0n) is 19.7. The third-order valence-corrected chi connectivity index (χ3v) is 7.00. The molecule has 3 aromatic heterocycles. The van der Waals surface area contributed by atoms with E-state index in [4.69, 9.17) is 4.52 Å². The minimum absolute atomic E-state index is 0.0620. The topological polar surface area (TPSA) is 91.1 Å². The highest BCUT2D eigenvalue weighted by atomic mass is 32.2. The molecular weight excluding hydrogens is 467 g/mol. The number of aromatic nitrogens is 6. The van der Waals surface area contributed by atoms with Gasteiger partial charge in [-0.2, -0.15) is 4.98 Å². The zero-order valence-corrected chi connectivity index (χ0v) is 20.5. The Hall–Kier alpha value is -3.53. The molecule has 10 heteroatoms. The Morgan fingerprint density at radius 3 is 2.77 bits per heavy atom. The molecule has 35 heavy (non-hydrogen) atoms. The van der Waals surface area contributed by atoms with Crippen molar-refractivity contribution in [2.75, 3.05) is 0 Å². The second kappa shape index (κ2) is 9.61. The molecular formula is C25H25FN6O2S. The van der Waals surface area contributed by atoms with E-state index in [0.29, 0.717) is 45.7 Å². The van der Waals surface area contributed by atoms with Gasteiger partial charge in [0.15, 0.2) is 5.16 Å². The van der Waals surface area contributed by atoms with Crippen molar-refractivity contribution in [1.29, 1.82) is 0 Å². The lowest BCUT2D eigenvalue weighted by molar-refractivity contribution is 0.380. The summed E-state index contributed by atoms with van der Waals surface area (Å²) >= 11 is 1.41. The van der Waals surface area contributed by atoms with Crippen LogP contribution in [0.15, 0.2) is 56.9 Å². The van der Waals surface area contributed by atoms with Crippen LogP contribution in [0.3, 0.4) is 0 Å². The van der Waals surface area contributed by atoms with E-state index in [0.717, 1.165) is 24.8 Å². The fourth-order valence-electron chi connectivity index (χ4n) is 3.99. The van der Waals surface area contributed by atoms with Crippen LogP contribution in [0.25, 0.3) is 28.1 Å². The van der Waals surface area contributed by atoms with Gasteiger partial charge < -0.3 is 4.52 Å². The summed E-state index contributed by atoms with van der Waals surface area (Å²) in [7, 11) is 0. The number of thioether (sulfide) groups is 1. The zero-order chi connectivity index (χ0) is 24.5. The first-order chi connectivity index (χ1) is 17.0. The van der Waals surface area contributed by atoms with Crippen molar-refractivity contribution < 1.29 is 8.91 Å². The van der Waals surface area contributed by atoms with Gasteiger partial charge >= 0.3 is 0 Å². The van der Waals surface area contributed by atoms with E-state index in [2.05, 4.69) is 27.3 Å². The molecule has 0 saturated carbocycles. The van der Waals surface area contributed by atoms with Gasteiger partial charge in [-0.3, -0.25) is 13.8 Å². The molecule has 5 rings (SSSR count). The normalized spacial score (nSPS) is 12.6. The third kappa shape index (κ3) is 4.34. The molecule has 0 saturated heterocycles. The Morgan fingerprint density at radius 1 is 1.14 bits per heavy atom. The fraction of sp³-hybridized carbons (Fsp3) is 0.320. The Kier molecular flexibility index (Phi) is 6.38. The molecule has 5 aromatic rings. The Balaban J connectivity index is 1.50. The van der Waals surface area contributed by atoms with Crippen LogP contribution < -0.4 is 5.56 Å². The Labute approximate surface area is 205 Å².